The lowest BCUT2D eigenvalue weighted by Gasteiger charge is -2.06. The van der Waals surface area contributed by atoms with Crippen molar-refractivity contribution in [3.63, 3.8) is 0 Å². The molecule has 0 atom stereocenters. The number of hydrogen-bond donors (Lipinski definition) is 1. The fourth-order valence-corrected chi connectivity index (χ4v) is 2.26. The van der Waals surface area contributed by atoms with Crippen LogP contribution in [0.2, 0.25) is 0 Å². The largest absolute Gasteiger partial charge is 0.354 e. The molecule has 2 aromatic carbocycles. The van der Waals surface area contributed by atoms with Crippen LogP contribution in [0.25, 0.3) is 22.2 Å². The van der Waals surface area contributed by atoms with Gasteiger partial charge in [-0.3, -0.25) is 4.79 Å². The molecule has 3 aromatic rings. The summed E-state index contributed by atoms with van der Waals surface area (Å²) in [6.07, 6.45) is 0. The second kappa shape index (κ2) is 4.15. The van der Waals surface area contributed by atoms with Crippen molar-refractivity contribution in [3.05, 3.63) is 70.4 Å². The third-order valence-corrected chi connectivity index (χ3v) is 3.15. The summed E-state index contributed by atoms with van der Waals surface area (Å²) in [6, 6.07) is 17.4. The molecule has 0 amide bonds. The summed E-state index contributed by atoms with van der Waals surface area (Å²) in [4.78, 5) is 15.5. The van der Waals surface area contributed by atoms with E-state index in [4.69, 9.17) is 0 Å². The number of H-pyrrole nitrogens is 1. The molecule has 88 valence electrons. The molecule has 0 bridgehead atoms. The van der Waals surface area contributed by atoms with E-state index in [1.807, 2.05) is 55.5 Å². The fourth-order valence-electron chi connectivity index (χ4n) is 2.26. The van der Waals surface area contributed by atoms with Crippen LogP contribution >= 0.6 is 0 Å². The first-order valence-corrected chi connectivity index (χ1v) is 5.94. The van der Waals surface area contributed by atoms with E-state index >= 15 is 0 Å². The number of nitrogens with one attached hydrogen (secondary N) is 1. The molecule has 2 heteroatoms. The van der Waals surface area contributed by atoms with E-state index in [1.165, 1.54) is 0 Å². The smallest absolute Gasteiger partial charge is 0.190 e. The van der Waals surface area contributed by atoms with Gasteiger partial charge in [0.15, 0.2) is 5.43 Å². The molecule has 18 heavy (non-hydrogen) atoms. The van der Waals surface area contributed by atoms with E-state index in [2.05, 4.69) is 4.98 Å². The number of pyridine rings is 1. The SMILES string of the molecule is Cc1cccc2[nH]c(-c3ccccc3)cc(=O)c12. The standard InChI is InChI=1S/C16H13NO/c1-11-6-5-9-13-16(11)15(18)10-14(17-13)12-7-3-2-4-8-12/h2-10H,1H3,(H,17,18). The van der Waals surface area contributed by atoms with Gasteiger partial charge in [0.1, 0.15) is 0 Å². The van der Waals surface area contributed by atoms with Crippen molar-refractivity contribution in [3.8, 4) is 11.3 Å². The quantitative estimate of drug-likeness (QED) is 0.688. The Kier molecular flexibility index (Phi) is 2.49. The topological polar surface area (TPSA) is 32.9 Å². The summed E-state index contributed by atoms with van der Waals surface area (Å²) in [7, 11) is 0. The lowest BCUT2D eigenvalue weighted by Crippen LogP contribution is -2.04. The number of rotatable bonds is 1. The molecule has 0 aliphatic rings. The van der Waals surface area contributed by atoms with Crippen LogP contribution in [0, 0.1) is 6.92 Å². The average molecular weight is 235 g/mol. The summed E-state index contributed by atoms with van der Waals surface area (Å²) >= 11 is 0. The van der Waals surface area contributed by atoms with E-state index in [1.54, 1.807) is 6.07 Å². The normalized spacial score (nSPS) is 10.7. The third-order valence-electron chi connectivity index (χ3n) is 3.15. The van der Waals surface area contributed by atoms with Gasteiger partial charge in [-0.2, -0.15) is 0 Å². The summed E-state index contributed by atoms with van der Waals surface area (Å²) < 4.78 is 0. The van der Waals surface area contributed by atoms with Crippen molar-refractivity contribution in [1.29, 1.82) is 0 Å². The van der Waals surface area contributed by atoms with Crippen molar-refractivity contribution in [2.45, 2.75) is 6.92 Å². The van der Waals surface area contributed by atoms with Crippen LogP contribution in [0.3, 0.4) is 0 Å². The monoisotopic (exact) mass is 235 g/mol. The summed E-state index contributed by atoms with van der Waals surface area (Å²) in [5.41, 5.74) is 3.85. The molecule has 0 unspecified atom stereocenters. The van der Waals surface area contributed by atoms with Crippen LogP contribution in [-0.2, 0) is 0 Å². The first-order valence-electron chi connectivity index (χ1n) is 5.94. The molecule has 1 N–H and O–H groups in total. The van der Waals surface area contributed by atoms with Crippen LogP contribution in [0.1, 0.15) is 5.56 Å². The Morgan fingerprint density at radius 2 is 1.72 bits per heavy atom. The van der Waals surface area contributed by atoms with E-state index < -0.39 is 0 Å². The zero-order valence-corrected chi connectivity index (χ0v) is 10.1. The van der Waals surface area contributed by atoms with Gasteiger partial charge >= 0.3 is 0 Å². The van der Waals surface area contributed by atoms with Crippen LogP contribution < -0.4 is 5.43 Å². The summed E-state index contributed by atoms with van der Waals surface area (Å²) in [5.74, 6) is 0. The molecule has 0 saturated carbocycles. The van der Waals surface area contributed by atoms with E-state index in [-0.39, 0.29) is 5.43 Å². The summed E-state index contributed by atoms with van der Waals surface area (Å²) in [6.45, 7) is 1.96. The van der Waals surface area contributed by atoms with Gasteiger partial charge in [0.25, 0.3) is 0 Å². The fraction of sp³-hybridized carbons (Fsp3) is 0.0625. The molecule has 2 nitrogen and oxygen atoms in total. The molecule has 1 heterocycles. The molecule has 0 saturated heterocycles. The first kappa shape index (κ1) is 10.8. The Hall–Kier alpha value is -2.35. The van der Waals surface area contributed by atoms with Gasteiger partial charge in [0.05, 0.1) is 0 Å². The Bertz CT molecular complexity index is 757. The average Bonchev–Trinajstić information content (AvgIpc) is 2.39. The molecule has 0 spiro atoms. The Morgan fingerprint density at radius 1 is 0.944 bits per heavy atom. The molecule has 0 aliphatic heterocycles. The number of aromatic nitrogens is 1. The maximum absolute atomic E-state index is 12.2. The second-order valence-corrected chi connectivity index (χ2v) is 4.41. The molecular weight excluding hydrogens is 222 g/mol. The number of hydrogen-bond acceptors (Lipinski definition) is 1. The number of benzene rings is 2. The predicted molar refractivity (Wildman–Crippen MR) is 74.7 cm³/mol. The van der Waals surface area contributed by atoms with E-state index in [0.717, 1.165) is 27.7 Å². The molecule has 0 aliphatic carbocycles. The van der Waals surface area contributed by atoms with Crippen LogP contribution in [0.5, 0.6) is 0 Å². The van der Waals surface area contributed by atoms with E-state index in [9.17, 15) is 4.79 Å². The van der Waals surface area contributed by atoms with Crippen molar-refractivity contribution in [2.75, 3.05) is 0 Å². The maximum atomic E-state index is 12.2. The number of aryl methyl sites for hydroxylation is 1. The highest BCUT2D eigenvalue weighted by Gasteiger charge is 2.05. The van der Waals surface area contributed by atoms with Crippen LogP contribution in [0.4, 0.5) is 0 Å². The minimum atomic E-state index is 0.0701. The molecule has 0 radical (unpaired) electrons. The van der Waals surface area contributed by atoms with Crippen molar-refractivity contribution < 1.29 is 0 Å². The molecule has 1 aromatic heterocycles. The lowest BCUT2D eigenvalue weighted by molar-refractivity contribution is 1.36. The van der Waals surface area contributed by atoms with Crippen molar-refractivity contribution >= 4 is 10.9 Å². The Balaban J connectivity index is 2.33. The summed E-state index contributed by atoms with van der Waals surface area (Å²) in [5, 5.41) is 0.775. The zero-order valence-electron chi connectivity index (χ0n) is 10.1. The minimum Gasteiger partial charge on any atom is -0.354 e. The van der Waals surface area contributed by atoms with Gasteiger partial charge in [0.2, 0.25) is 0 Å². The highest BCUT2D eigenvalue weighted by Crippen LogP contribution is 2.19. The Morgan fingerprint density at radius 3 is 2.50 bits per heavy atom. The van der Waals surface area contributed by atoms with Gasteiger partial charge in [0, 0.05) is 22.7 Å². The van der Waals surface area contributed by atoms with Gasteiger partial charge in [-0.15, -0.1) is 0 Å². The first-order chi connectivity index (χ1) is 8.75. The van der Waals surface area contributed by atoms with Crippen LogP contribution in [-0.4, -0.2) is 4.98 Å². The highest BCUT2D eigenvalue weighted by molar-refractivity contribution is 5.84. The molecular formula is C16H13NO. The second-order valence-electron chi connectivity index (χ2n) is 4.41. The predicted octanol–water partition coefficient (Wildman–Crippen LogP) is 3.50. The highest BCUT2D eigenvalue weighted by atomic mass is 16.1. The molecule has 0 fully saturated rings. The zero-order chi connectivity index (χ0) is 12.5. The minimum absolute atomic E-state index is 0.0701. The number of aromatic amines is 1. The Labute approximate surface area is 105 Å². The third kappa shape index (κ3) is 1.72. The maximum Gasteiger partial charge on any atom is 0.190 e. The van der Waals surface area contributed by atoms with E-state index in [0.29, 0.717) is 0 Å². The van der Waals surface area contributed by atoms with Gasteiger partial charge in [-0.05, 0) is 24.1 Å². The molecule has 3 rings (SSSR count). The van der Waals surface area contributed by atoms with Gasteiger partial charge < -0.3 is 4.98 Å². The van der Waals surface area contributed by atoms with Gasteiger partial charge in [-0.25, -0.2) is 0 Å². The van der Waals surface area contributed by atoms with Crippen LogP contribution in [0.15, 0.2) is 59.4 Å². The lowest BCUT2D eigenvalue weighted by atomic mass is 10.1. The van der Waals surface area contributed by atoms with Crippen molar-refractivity contribution in [2.24, 2.45) is 0 Å². The van der Waals surface area contributed by atoms with Gasteiger partial charge in [-0.1, -0.05) is 42.5 Å². The number of fused-ring (bicyclic) bond motifs is 1. The van der Waals surface area contributed by atoms with Crippen molar-refractivity contribution in [1.82, 2.24) is 4.98 Å².